The zero-order valence-electron chi connectivity index (χ0n) is 20.1. The van der Waals surface area contributed by atoms with Crippen molar-refractivity contribution in [3.8, 4) is 5.75 Å². The van der Waals surface area contributed by atoms with Gasteiger partial charge in [-0.3, -0.25) is 4.79 Å². The highest BCUT2D eigenvalue weighted by atomic mass is 35.5. The molecule has 1 aliphatic heterocycles. The van der Waals surface area contributed by atoms with E-state index in [1.54, 1.807) is 19.9 Å². The van der Waals surface area contributed by atoms with E-state index in [0.717, 1.165) is 4.91 Å². The lowest BCUT2D eigenvalue weighted by Crippen LogP contribution is -2.50. The molecule has 3 atom stereocenters. The number of nitrogens with one attached hydrogen (secondary N) is 1. The Morgan fingerprint density at radius 2 is 1.86 bits per heavy atom. The maximum absolute atomic E-state index is 13.3. The molecule has 36 heavy (non-hydrogen) atoms. The second kappa shape index (κ2) is 10.8. The fourth-order valence-corrected chi connectivity index (χ4v) is 5.50. The summed E-state index contributed by atoms with van der Waals surface area (Å²) < 4.78 is 47.2. The summed E-state index contributed by atoms with van der Waals surface area (Å²) in [7, 11) is 0. The van der Waals surface area contributed by atoms with Crippen LogP contribution in [0.25, 0.3) is 0 Å². The molecular weight excluding hydrogens is 519 g/mol. The van der Waals surface area contributed by atoms with Crippen LogP contribution < -0.4 is 10.1 Å². The second-order valence-electron chi connectivity index (χ2n) is 9.17. The molecule has 0 bridgehead atoms. The van der Waals surface area contributed by atoms with Crippen LogP contribution >= 0.6 is 23.4 Å². The van der Waals surface area contributed by atoms with Crippen molar-refractivity contribution < 1.29 is 37.3 Å². The van der Waals surface area contributed by atoms with E-state index in [2.05, 4.69) is 10.1 Å². The number of carboxylic acids is 1. The molecular formula is C25H27ClF3NO5S. The van der Waals surface area contributed by atoms with Crippen LogP contribution in [0.3, 0.4) is 0 Å². The molecule has 0 saturated carbocycles. The first-order valence-electron chi connectivity index (χ1n) is 11.2. The molecule has 2 unspecified atom stereocenters. The maximum Gasteiger partial charge on any atom is 0.573 e. The van der Waals surface area contributed by atoms with E-state index >= 15 is 0 Å². The minimum Gasteiger partial charge on any atom is -0.492 e. The zero-order chi connectivity index (χ0) is 26.8. The lowest BCUT2D eigenvalue weighted by molar-refractivity contribution is -0.274. The number of thioether (sulfide) groups is 1. The van der Waals surface area contributed by atoms with Crippen LogP contribution in [0, 0.1) is 11.3 Å². The highest BCUT2D eigenvalue weighted by Gasteiger charge is 2.42. The molecule has 3 rings (SSSR count). The number of halogens is 4. The van der Waals surface area contributed by atoms with E-state index < -0.39 is 35.6 Å². The molecule has 11 heteroatoms. The van der Waals surface area contributed by atoms with Gasteiger partial charge in [0.25, 0.3) is 5.91 Å². The number of rotatable bonds is 9. The number of benzene rings is 1. The third kappa shape index (κ3) is 6.39. The average molecular weight is 546 g/mol. The van der Waals surface area contributed by atoms with Crippen LogP contribution in [0.4, 0.5) is 13.2 Å². The molecule has 0 fully saturated rings. The summed E-state index contributed by atoms with van der Waals surface area (Å²) in [6.07, 6.45) is -0.846. The first-order valence-corrected chi connectivity index (χ1v) is 12.5. The van der Waals surface area contributed by atoms with Crippen molar-refractivity contribution in [2.24, 2.45) is 11.3 Å². The predicted molar refractivity (Wildman–Crippen MR) is 131 cm³/mol. The molecule has 0 spiro atoms. The molecule has 0 aromatic heterocycles. The minimum absolute atomic E-state index is 0.0494. The SMILES string of the molecule is CCC(C)(C)[C@H](NC(=O)C1=C(OCc2ccc(OC(F)(F)F)cc2)C2C(Cl)=C(C)SC2C=C1)C(=O)O. The lowest BCUT2D eigenvalue weighted by Gasteiger charge is -2.32. The van der Waals surface area contributed by atoms with Gasteiger partial charge in [-0.1, -0.05) is 50.6 Å². The number of hydrogen-bond donors (Lipinski definition) is 2. The number of ether oxygens (including phenoxy) is 2. The van der Waals surface area contributed by atoms with Crippen molar-refractivity contribution in [2.45, 2.75) is 58.4 Å². The van der Waals surface area contributed by atoms with E-state index in [4.69, 9.17) is 16.3 Å². The van der Waals surface area contributed by atoms with Gasteiger partial charge in [0, 0.05) is 10.3 Å². The number of carboxylic acid groups (broad SMARTS) is 1. The molecule has 1 aromatic carbocycles. The van der Waals surface area contributed by atoms with Crippen LogP contribution in [-0.4, -0.2) is 34.6 Å². The summed E-state index contributed by atoms with van der Waals surface area (Å²) in [5.74, 6) is -2.29. The summed E-state index contributed by atoms with van der Waals surface area (Å²) in [6, 6.07) is 4.05. The normalized spacial score (nSPS) is 20.8. The highest BCUT2D eigenvalue weighted by Crippen LogP contribution is 2.50. The molecule has 1 aliphatic carbocycles. The van der Waals surface area contributed by atoms with Crippen LogP contribution in [0.1, 0.15) is 39.7 Å². The monoisotopic (exact) mass is 545 g/mol. The standard InChI is InChI=1S/C25H27ClF3NO5S/c1-5-24(3,4)21(23(32)33)30-22(31)16-10-11-17-18(19(26)13(2)36-17)20(16)34-12-14-6-8-15(9-7-14)35-25(27,28)29/h6-11,17-18,21H,5,12H2,1-4H3,(H,30,31)(H,32,33)/t17?,18?,21-/m1/s1. The van der Waals surface area contributed by atoms with Gasteiger partial charge in [-0.25, -0.2) is 4.79 Å². The van der Waals surface area contributed by atoms with Crippen molar-refractivity contribution in [3.63, 3.8) is 0 Å². The number of allylic oxidation sites excluding steroid dienone is 2. The molecule has 1 amide bonds. The van der Waals surface area contributed by atoms with Crippen molar-refractivity contribution in [3.05, 3.63) is 63.3 Å². The molecule has 1 aromatic rings. The second-order valence-corrected chi connectivity index (χ2v) is 11.0. The number of aliphatic carboxylic acids is 1. The van der Waals surface area contributed by atoms with Gasteiger partial charge in [-0.15, -0.1) is 24.9 Å². The van der Waals surface area contributed by atoms with Gasteiger partial charge in [-0.05, 0) is 47.4 Å². The molecule has 6 nitrogen and oxygen atoms in total. The quantitative estimate of drug-likeness (QED) is 0.388. The number of carbonyl (C=O) groups excluding carboxylic acids is 1. The van der Waals surface area contributed by atoms with Crippen molar-refractivity contribution in [1.29, 1.82) is 0 Å². The largest absolute Gasteiger partial charge is 0.573 e. The molecule has 0 saturated heterocycles. The van der Waals surface area contributed by atoms with E-state index in [9.17, 15) is 27.9 Å². The molecule has 196 valence electrons. The van der Waals surface area contributed by atoms with Crippen molar-refractivity contribution in [1.82, 2.24) is 5.32 Å². The Morgan fingerprint density at radius 1 is 1.22 bits per heavy atom. The van der Waals surface area contributed by atoms with Gasteiger partial charge in [0.1, 0.15) is 24.2 Å². The van der Waals surface area contributed by atoms with Gasteiger partial charge in [0.05, 0.1) is 11.5 Å². The minimum atomic E-state index is -4.80. The Bertz CT molecular complexity index is 1110. The van der Waals surface area contributed by atoms with E-state index in [-0.39, 0.29) is 28.9 Å². The summed E-state index contributed by atoms with van der Waals surface area (Å²) in [6.45, 7) is 7.17. The van der Waals surface area contributed by atoms with Gasteiger partial charge in [0.2, 0.25) is 0 Å². The first kappa shape index (κ1) is 28.0. The van der Waals surface area contributed by atoms with Crippen molar-refractivity contribution in [2.75, 3.05) is 0 Å². The third-order valence-electron chi connectivity index (χ3n) is 6.26. The van der Waals surface area contributed by atoms with Crippen molar-refractivity contribution >= 4 is 35.2 Å². The van der Waals surface area contributed by atoms with Crippen LogP contribution in [0.5, 0.6) is 5.75 Å². The Kier molecular flexibility index (Phi) is 8.40. The van der Waals surface area contributed by atoms with Gasteiger partial charge in [-0.2, -0.15) is 0 Å². The molecule has 2 aliphatic rings. The Balaban J connectivity index is 1.89. The number of amides is 1. The van der Waals surface area contributed by atoms with E-state index in [1.165, 1.54) is 36.0 Å². The predicted octanol–water partition coefficient (Wildman–Crippen LogP) is 6.13. The Morgan fingerprint density at radius 3 is 2.42 bits per heavy atom. The summed E-state index contributed by atoms with van der Waals surface area (Å²) in [4.78, 5) is 26.1. The molecule has 0 radical (unpaired) electrons. The highest BCUT2D eigenvalue weighted by molar-refractivity contribution is 8.04. The van der Waals surface area contributed by atoms with E-state index in [0.29, 0.717) is 17.0 Å². The average Bonchev–Trinajstić information content (AvgIpc) is 3.09. The number of fused-ring (bicyclic) bond motifs is 1. The maximum atomic E-state index is 13.3. The van der Waals surface area contributed by atoms with Crippen LogP contribution in [0.15, 0.2) is 57.7 Å². The van der Waals surface area contributed by atoms with E-state index in [1.807, 2.05) is 19.9 Å². The Labute approximate surface area is 216 Å². The van der Waals surface area contributed by atoms with Gasteiger partial charge < -0.3 is 19.9 Å². The van der Waals surface area contributed by atoms with Crippen LogP contribution in [0.2, 0.25) is 0 Å². The van der Waals surface area contributed by atoms with Gasteiger partial charge in [0.15, 0.2) is 0 Å². The fraction of sp³-hybridized carbons (Fsp3) is 0.440. The van der Waals surface area contributed by atoms with Gasteiger partial charge >= 0.3 is 12.3 Å². The number of carbonyl (C=O) groups is 2. The first-order chi connectivity index (χ1) is 16.7. The molecule has 1 heterocycles. The summed E-state index contributed by atoms with van der Waals surface area (Å²) in [5, 5.41) is 12.8. The number of hydrogen-bond acceptors (Lipinski definition) is 5. The summed E-state index contributed by atoms with van der Waals surface area (Å²) in [5.41, 5.74) is -0.0116. The summed E-state index contributed by atoms with van der Waals surface area (Å²) >= 11 is 8.11. The fourth-order valence-electron chi connectivity index (χ4n) is 3.85. The smallest absolute Gasteiger partial charge is 0.492 e. The Hall–Kier alpha value is -2.59. The zero-order valence-corrected chi connectivity index (χ0v) is 21.7. The van der Waals surface area contributed by atoms with Crippen LogP contribution in [-0.2, 0) is 20.9 Å². The topological polar surface area (TPSA) is 84.9 Å². The molecule has 2 N–H and O–H groups in total. The third-order valence-corrected chi connectivity index (χ3v) is 8.17. The number of alkyl halides is 3. The lowest BCUT2D eigenvalue weighted by atomic mass is 9.81.